The normalized spacial score (nSPS) is 14.8. The van der Waals surface area contributed by atoms with Crippen molar-refractivity contribution in [3.05, 3.63) is 36.3 Å². The molecule has 4 heteroatoms. The molecule has 0 radical (unpaired) electrons. The summed E-state index contributed by atoms with van der Waals surface area (Å²) in [5.74, 6) is 1.00. The number of hydrogen-bond donors (Lipinski definition) is 0. The molecule has 0 unspecified atom stereocenters. The Hall–Kier alpha value is -2.10. The summed E-state index contributed by atoms with van der Waals surface area (Å²) in [6, 6.07) is 8.09. The second kappa shape index (κ2) is 3.20. The van der Waals surface area contributed by atoms with Crippen LogP contribution in [-0.2, 0) is 6.42 Å². The zero-order chi connectivity index (χ0) is 11.2. The number of rotatable bonds is 0. The Morgan fingerprint density at radius 1 is 1.18 bits per heavy atom. The molecular formula is C13H11N3O. The highest BCUT2D eigenvalue weighted by Gasteiger charge is 2.17. The summed E-state index contributed by atoms with van der Waals surface area (Å²) in [7, 11) is 0. The average Bonchev–Trinajstić information content (AvgIpc) is 2.77. The van der Waals surface area contributed by atoms with Crippen LogP contribution < -0.4 is 4.84 Å². The maximum Gasteiger partial charge on any atom is 0.146 e. The number of pyridine rings is 1. The van der Waals surface area contributed by atoms with Crippen LogP contribution >= 0.6 is 0 Å². The van der Waals surface area contributed by atoms with Crippen LogP contribution in [0.15, 0.2) is 30.5 Å². The van der Waals surface area contributed by atoms with Crippen LogP contribution in [0.3, 0.4) is 0 Å². The highest BCUT2D eigenvalue weighted by atomic mass is 16.7. The zero-order valence-corrected chi connectivity index (χ0v) is 9.26. The number of aromatic nitrogens is 3. The van der Waals surface area contributed by atoms with Gasteiger partial charge in [0, 0.05) is 11.8 Å². The third-order valence-corrected chi connectivity index (χ3v) is 3.18. The fourth-order valence-corrected chi connectivity index (χ4v) is 2.41. The zero-order valence-electron chi connectivity index (χ0n) is 9.26. The quantitative estimate of drug-likeness (QED) is 0.587. The third kappa shape index (κ3) is 1.18. The van der Waals surface area contributed by atoms with Crippen molar-refractivity contribution in [1.29, 1.82) is 0 Å². The van der Waals surface area contributed by atoms with Crippen molar-refractivity contribution in [1.82, 2.24) is 14.7 Å². The van der Waals surface area contributed by atoms with Crippen LogP contribution in [0.5, 0.6) is 0 Å². The summed E-state index contributed by atoms with van der Waals surface area (Å²) in [4.78, 5) is 14.7. The lowest BCUT2D eigenvalue weighted by Gasteiger charge is -2.15. The van der Waals surface area contributed by atoms with Gasteiger partial charge in [0.2, 0.25) is 0 Å². The fourth-order valence-electron chi connectivity index (χ4n) is 2.41. The summed E-state index contributed by atoms with van der Waals surface area (Å²) >= 11 is 0. The average molecular weight is 225 g/mol. The standard InChI is InChI=1S/C13H11N3O/c1-2-5-10-9(4-1)13-11(8-14-10)15-12-6-3-7-17-16(12)13/h1-2,4-5,8H,3,6-7H2. The van der Waals surface area contributed by atoms with Crippen LogP contribution in [-0.4, -0.2) is 21.3 Å². The number of benzene rings is 1. The maximum absolute atomic E-state index is 5.71. The molecule has 2 aromatic heterocycles. The molecule has 0 spiro atoms. The van der Waals surface area contributed by atoms with Crippen molar-refractivity contribution >= 4 is 21.9 Å². The molecule has 0 saturated heterocycles. The van der Waals surface area contributed by atoms with Crippen LogP contribution in [0.25, 0.3) is 21.9 Å². The number of fused-ring (bicyclic) bond motifs is 5. The summed E-state index contributed by atoms with van der Waals surface area (Å²) in [5, 5.41) is 1.10. The maximum atomic E-state index is 5.71. The molecule has 17 heavy (non-hydrogen) atoms. The van der Waals surface area contributed by atoms with E-state index in [2.05, 4.69) is 16.0 Å². The van der Waals surface area contributed by atoms with Gasteiger partial charge in [-0.05, 0) is 12.5 Å². The van der Waals surface area contributed by atoms with Crippen LogP contribution in [0.2, 0.25) is 0 Å². The number of aryl methyl sites for hydroxylation is 1. The van der Waals surface area contributed by atoms with E-state index in [1.807, 2.05) is 29.1 Å². The largest absolute Gasteiger partial charge is 0.412 e. The summed E-state index contributed by atoms with van der Waals surface area (Å²) in [6.07, 6.45) is 3.84. The molecule has 84 valence electrons. The minimum atomic E-state index is 0.759. The van der Waals surface area contributed by atoms with E-state index in [-0.39, 0.29) is 0 Å². The van der Waals surface area contributed by atoms with Crippen molar-refractivity contribution < 1.29 is 4.84 Å². The first-order chi connectivity index (χ1) is 8.43. The molecule has 0 N–H and O–H groups in total. The van der Waals surface area contributed by atoms with E-state index in [4.69, 9.17) is 4.84 Å². The number of nitrogens with zero attached hydrogens (tertiary/aromatic N) is 3. The lowest BCUT2D eigenvalue weighted by atomic mass is 10.2. The first-order valence-corrected chi connectivity index (χ1v) is 5.82. The van der Waals surface area contributed by atoms with Gasteiger partial charge in [-0.25, -0.2) is 4.98 Å². The van der Waals surface area contributed by atoms with Crippen LogP contribution in [0.4, 0.5) is 0 Å². The van der Waals surface area contributed by atoms with Gasteiger partial charge in [0.1, 0.15) is 23.5 Å². The fraction of sp³-hybridized carbons (Fsp3) is 0.231. The molecule has 3 heterocycles. The van der Waals surface area contributed by atoms with Gasteiger partial charge in [-0.15, -0.1) is 0 Å². The van der Waals surface area contributed by atoms with Crippen LogP contribution in [0, 0.1) is 0 Å². The van der Waals surface area contributed by atoms with Gasteiger partial charge in [0.05, 0.1) is 11.7 Å². The van der Waals surface area contributed by atoms with E-state index in [1.54, 1.807) is 0 Å². The minimum absolute atomic E-state index is 0.759. The first-order valence-electron chi connectivity index (χ1n) is 5.82. The predicted molar refractivity (Wildman–Crippen MR) is 64.8 cm³/mol. The Morgan fingerprint density at radius 2 is 2.12 bits per heavy atom. The lowest BCUT2D eigenvalue weighted by molar-refractivity contribution is 0.0893. The summed E-state index contributed by atoms with van der Waals surface area (Å²) in [6.45, 7) is 0.759. The Bertz CT molecular complexity index is 717. The number of imidazole rings is 1. The Morgan fingerprint density at radius 3 is 3.12 bits per heavy atom. The lowest BCUT2D eigenvalue weighted by Crippen LogP contribution is -2.21. The molecule has 1 aliphatic rings. The second-order valence-electron chi connectivity index (χ2n) is 4.27. The minimum Gasteiger partial charge on any atom is -0.412 e. The monoisotopic (exact) mass is 225 g/mol. The molecule has 0 atom stereocenters. The van der Waals surface area contributed by atoms with Gasteiger partial charge < -0.3 is 4.84 Å². The molecule has 4 rings (SSSR count). The van der Waals surface area contributed by atoms with Gasteiger partial charge in [-0.1, -0.05) is 18.2 Å². The van der Waals surface area contributed by atoms with E-state index in [0.29, 0.717) is 0 Å². The van der Waals surface area contributed by atoms with Gasteiger partial charge in [0.25, 0.3) is 0 Å². The molecule has 1 aromatic carbocycles. The Balaban J connectivity index is 2.20. The Labute approximate surface area is 97.8 Å². The molecule has 0 bridgehead atoms. The van der Waals surface area contributed by atoms with E-state index < -0.39 is 0 Å². The van der Waals surface area contributed by atoms with E-state index in [1.165, 1.54) is 0 Å². The van der Waals surface area contributed by atoms with Crippen molar-refractivity contribution in [3.63, 3.8) is 0 Å². The van der Waals surface area contributed by atoms with Gasteiger partial charge >= 0.3 is 0 Å². The first kappa shape index (κ1) is 8.98. The molecule has 1 aliphatic heterocycles. The van der Waals surface area contributed by atoms with E-state index >= 15 is 0 Å². The predicted octanol–water partition coefficient (Wildman–Crippen LogP) is 1.96. The molecule has 0 saturated carbocycles. The molecule has 0 amide bonds. The molecular weight excluding hydrogens is 214 g/mol. The molecule has 0 fully saturated rings. The highest BCUT2D eigenvalue weighted by molar-refractivity contribution is 6.02. The van der Waals surface area contributed by atoms with Crippen molar-refractivity contribution in [2.45, 2.75) is 12.8 Å². The summed E-state index contributed by atoms with van der Waals surface area (Å²) in [5.41, 5.74) is 2.95. The van der Waals surface area contributed by atoms with Gasteiger partial charge in [-0.3, -0.25) is 4.98 Å². The number of para-hydroxylation sites is 1. The molecule has 4 nitrogen and oxygen atoms in total. The SMILES string of the molecule is c1ccc2c(c1)ncc1nc3n(c12)OCCC3. The van der Waals surface area contributed by atoms with Crippen molar-refractivity contribution in [2.24, 2.45) is 0 Å². The van der Waals surface area contributed by atoms with Crippen LogP contribution in [0.1, 0.15) is 12.2 Å². The second-order valence-corrected chi connectivity index (χ2v) is 4.27. The Kier molecular flexibility index (Phi) is 1.69. The summed E-state index contributed by atoms with van der Waals surface area (Å²) < 4.78 is 1.88. The number of hydrogen-bond acceptors (Lipinski definition) is 3. The third-order valence-electron chi connectivity index (χ3n) is 3.18. The smallest absolute Gasteiger partial charge is 0.146 e. The topological polar surface area (TPSA) is 39.9 Å². The highest BCUT2D eigenvalue weighted by Crippen LogP contribution is 2.25. The van der Waals surface area contributed by atoms with E-state index in [9.17, 15) is 0 Å². The van der Waals surface area contributed by atoms with Crippen molar-refractivity contribution in [2.75, 3.05) is 6.61 Å². The van der Waals surface area contributed by atoms with Crippen molar-refractivity contribution in [3.8, 4) is 0 Å². The molecule has 0 aliphatic carbocycles. The van der Waals surface area contributed by atoms with E-state index in [0.717, 1.165) is 47.2 Å². The van der Waals surface area contributed by atoms with Gasteiger partial charge in [0.15, 0.2) is 0 Å². The molecule has 3 aromatic rings. The van der Waals surface area contributed by atoms with Gasteiger partial charge in [-0.2, -0.15) is 4.73 Å².